The maximum Gasteiger partial charge on any atom is 0.124 e. The minimum Gasteiger partial charge on any atom is -0.489 e. The highest BCUT2D eigenvalue weighted by Crippen LogP contribution is 2.27. The topological polar surface area (TPSA) is 15.7 Å². The number of hydrogen-bond donors (Lipinski definition) is 0. The van der Waals surface area contributed by atoms with Crippen molar-refractivity contribution >= 4 is 15.9 Å². The summed E-state index contributed by atoms with van der Waals surface area (Å²) in [7, 11) is 0. The molecule has 4 heteroatoms. The van der Waals surface area contributed by atoms with Crippen LogP contribution in [0.3, 0.4) is 0 Å². The third-order valence-electron chi connectivity index (χ3n) is 4.91. The summed E-state index contributed by atoms with van der Waals surface area (Å²) in [6, 6.07) is 16.6. The monoisotopic (exact) mass is 440 g/mol. The lowest BCUT2D eigenvalue weighted by Gasteiger charge is -2.38. The fraction of sp³-hybridized carbons (Fsp3) is 0.333. The van der Waals surface area contributed by atoms with Gasteiger partial charge in [-0.2, -0.15) is 0 Å². The number of rotatable bonds is 9. The van der Waals surface area contributed by atoms with Gasteiger partial charge in [0.05, 0.1) is 0 Å². The number of allylic oxidation sites excluding steroid dienone is 2. The van der Waals surface area contributed by atoms with E-state index in [0.29, 0.717) is 6.61 Å². The van der Waals surface area contributed by atoms with Crippen molar-refractivity contribution in [1.29, 1.82) is 0 Å². The average molecular weight is 441 g/mol. The SMILES string of the molecule is CCCN1C=CC=CC1N(CC)Cc1cc(Br)ccc1OCc1ccccc1. The van der Waals surface area contributed by atoms with Crippen molar-refractivity contribution in [3.63, 3.8) is 0 Å². The fourth-order valence-corrected chi connectivity index (χ4v) is 3.89. The van der Waals surface area contributed by atoms with Gasteiger partial charge in [0.25, 0.3) is 0 Å². The Labute approximate surface area is 177 Å². The van der Waals surface area contributed by atoms with E-state index in [1.165, 1.54) is 11.1 Å². The maximum atomic E-state index is 6.19. The summed E-state index contributed by atoms with van der Waals surface area (Å²) in [4.78, 5) is 4.89. The van der Waals surface area contributed by atoms with E-state index >= 15 is 0 Å². The van der Waals surface area contributed by atoms with Crippen molar-refractivity contribution in [2.24, 2.45) is 0 Å². The van der Waals surface area contributed by atoms with Gasteiger partial charge in [0.15, 0.2) is 0 Å². The van der Waals surface area contributed by atoms with Gasteiger partial charge >= 0.3 is 0 Å². The second-order valence-corrected chi connectivity index (χ2v) is 7.88. The lowest BCUT2D eigenvalue weighted by atomic mass is 10.1. The summed E-state index contributed by atoms with van der Waals surface area (Å²) in [5.41, 5.74) is 2.38. The van der Waals surface area contributed by atoms with E-state index < -0.39 is 0 Å². The van der Waals surface area contributed by atoms with E-state index in [4.69, 9.17) is 4.74 Å². The van der Waals surface area contributed by atoms with E-state index in [-0.39, 0.29) is 6.17 Å². The van der Waals surface area contributed by atoms with Gasteiger partial charge in [-0.25, -0.2) is 0 Å². The quantitative estimate of drug-likeness (QED) is 0.477. The largest absolute Gasteiger partial charge is 0.489 e. The molecule has 0 fully saturated rings. The molecule has 2 aromatic carbocycles. The van der Waals surface area contributed by atoms with Gasteiger partial charge in [-0.1, -0.05) is 66.2 Å². The molecule has 148 valence electrons. The van der Waals surface area contributed by atoms with Gasteiger partial charge < -0.3 is 9.64 Å². The Morgan fingerprint density at radius 1 is 1.07 bits per heavy atom. The van der Waals surface area contributed by atoms with Crippen LogP contribution < -0.4 is 4.74 Å². The normalized spacial score (nSPS) is 16.0. The molecule has 3 nitrogen and oxygen atoms in total. The number of benzene rings is 2. The molecule has 0 saturated carbocycles. The highest BCUT2D eigenvalue weighted by atomic mass is 79.9. The first-order valence-corrected chi connectivity index (χ1v) is 10.8. The van der Waals surface area contributed by atoms with Crippen LogP contribution in [0, 0.1) is 0 Å². The summed E-state index contributed by atoms with van der Waals surface area (Å²) >= 11 is 3.63. The molecule has 0 spiro atoms. The zero-order valence-corrected chi connectivity index (χ0v) is 18.3. The summed E-state index contributed by atoms with van der Waals surface area (Å²) < 4.78 is 7.27. The zero-order valence-electron chi connectivity index (χ0n) is 16.7. The molecule has 28 heavy (non-hydrogen) atoms. The first-order chi connectivity index (χ1) is 13.7. The van der Waals surface area contributed by atoms with Crippen molar-refractivity contribution in [3.8, 4) is 5.75 Å². The van der Waals surface area contributed by atoms with Crippen LogP contribution >= 0.6 is 15.9 Å². The minimum absolute atomic E-state index is 0.274. The predicted molar refractivity (Wildman–Crippen MR) is 120 cm³/mol. The molecule has 0 radical (unpaired) electrons. The third kappa shape index (κ3) is 5.49. The molecule has 2 aromatic rings. The minimum atomic E-state index is 0.274. The molecule has 3 rings (SSSR count). The molecule has 0 aliphatic carbocycles. The van der Waals surface area contributed by atoms with Crippen LogP contribution in [0.25, 0.3) is 0 Å². The molecule has 0 amide bonds. The number of likely N-dealkylation sites (N-methyl/N-ethyl adjacent to an activating group) is 1. The summed E-state index contributed by atoms with van der Waals surface area (Å²) in [6.45, 7) is 7.88. The summed E-state index contributed by atoms with van der Waals surface area (Å²) in [5.74, 6) is 0.947. The van der Waals surface area contributed by atoms with Crippen molar-refractivity contribution in [2.75, 3.05) is 13.1 Å². The molecule has 1 heterocycles. The van der Waals surface area contributed by atoms with Gasteiger partial charge in [0.1, 0.15) is 18.5 Å². The van der Waals surface area contributed by atoms with Gasteiger partial charge in [0.2, 0.25) is 0 Å². The van der Waals surface area contributed by atoms with Gasteiger partial charge in [-0.15, -0.1) is 0 Å². The highest BCUT2D eigenvalue weighted by molar-refractivity contribution is 9.10. The third-order valence-corrected chi connectivity index (χ3v) is 5.40. The van der Waals surface area contributed by atoms with Crippen LogP contribution in [0.15, 0.2) is 77.4 Å². The van der Waals surface area contributed by atoms with Crippen LogP contribution in [0.4, 0.5) is 0 Å². The van der Waals surface area contributed by atoms with Crippen LogP contribution in [0.1, 0.15) is 31.4 Å². The van der Waals surface area contributed by atoms with Gasteiger partial charge in [0, 0.05) is 29.3 Å². The lowest BCUT2D eigenvalue weighted by molar-refractivity contribution is 0.107. The first-order valence-electron chi connectivity index (χ1n) is 10.0. The first kappa shape index (κ1) is 20.7. The van der Waals surface area contributed by atoms with Gasteiger partial charge in [-0.05, 0) is 48.9 Å². The Balaban J connectivity index is 1.76. The molecule has 1 aliphatic rings. The Kier molecular flexibility index (Phi) is 7.75. The number of nitrogens with zero attached hydrogens (tertiary/aromatic N) is 2. The molecule has 1 aliphatic heterocycles. The van der Waals surface area contributed by atoms with Gasteiger partial charge in [-0.3, -0.25) is 4.90 Å². The number of hydrogen-bond acceptors (Lipinski definition) is 3. The van der Waals surface area contributed by atoms with E-state index in [0.717, 1.165) is 36.3 Å². The highest BCUT2D eigenvalue weighted by Gasteiger charge is 2.22. The average Bonchev–Trinajstić information content (AvgIpc) is 2.73. The summed E-state index contributed by atoms with van der Waals surface area (Å²) in [6.07, 6.45) is 10.2. The zero-order chi connectivity index (χ0) is 19.8. The Morgan fingerprint density at radius 3 is 2.64 bits per heavy atom. The second kappa shape index (κ2) is 10.5. The molecule has 1 atom stereocenters. The smallest absolute Gasteiger partial charge is 0.124 e. The molecule has 0 saturated heterocycles. The van der Waals surface area contributed by atoms with E-state index in [1.807, 2.05) is 24.3 Å². The molecule has 0 N–H and O–H groups in total. The van der Waals surface area contributed by atoms with Crippen molar-refractivity contribution in [1.82, 2.24) is 9.80 Å². The molecular formula is C24H29BrN2O. The molecule has 0 bridgehead atoms. The van der Waals surface area contributed by atoms with E-state index in [1.54, 1.807) is 0 Å². The van der Waals surface area contributed by atoms with Crippen LogP contribution in [-0.2, 0) is 13.2 Å². The second-order valence-electron chi connectivity index (χ2n) is 6.97. The number of ether oxygens (including phenoxy) is 1. The van der Waals surface area contributed by atoms with Crippen molar-refractivity contribution < 1.29 is 4.74 Å². The Morgan fingerprint density at radius 2 is 1.89 bits per heavy atom. The molecular weight excluding hydrogens is 412 g/mol. The predicted octanol–water partition coefficient (Wildman–Crippen LogP) is 5.97. The Hall–Kier alpha value is -2.04. The van der Waals surface area contributed by atoms with E-state index in [9.17, 15) is 0 Å². The standard InChI is InChI=1S/C24H29BrN2O/c1-3-15-27-16-9-8-12-24(27)26(4-2)18-21-17-22(25)13-14-23(21)28-19-20-10-6-5-7-11-20/h5-14,16-17,24H,3-4,15,18-19H2,1-2H3. The van der Waals surface area contributed by atoms with Crippen molar-refractivity contribution in [2.45, 2.75) is 39.6 Å². The fourth-order valence-electron chi connectivity index (χ4n) is 3.48. The van der Waals surface area contributed by atoms with Crippen molar-refractivity contribution in [3.05, 3.63) is 88.6 Å². The number of halogens is 1. The van der Waals surface area contributed by atoms with E-state index in [2.05, 4.69) is 88.3 Å². The maximum absolute atomic E-state index is 6.19. The Bertz CT molecular complexity index is 804. The van der Waals surface area contributed by atoms with Crippen LogP contribution in [0.2, 0.25) is 0 Å². The molecule has 0 aromatic heterocycles. The molecule has 1 unspecified atom stereocenters. The van der Waals surface area contributed by atoms with Crippen LogP contribution in [-0.4, -0.2) is 29.1 Å². The van der Waals surface area contributed by atoms with Crippen LogP contribution in [0.5, 0.6) is 5.75 Å². The summed E-state index contributed by atoms with van der Waals surface area (Å²) in [5, 5.41) is 0. The lowest BCUT2D eigenvalue weighted by Crippen LogP contribution is -2.45.